The second-order valence-electron chi connectivity index (χ2n) is 9.00. The number of carboxylic acid groups (broad SMARTS) is 2. The standard InChI is InChI=1S/C23H31N3O4S.C2HF3O2/c1-4-11-25-12-14-26(15-13-25)22-10-7-19(23(27)28)16-21(22)24-31(29,30)20-8-5-18(6-9-20)17(2)3;3-2(4,5)1(6)7/h5-10,16-17,24H,4,11-15H2,1-3H3,(H,27,28);(H,6,7). The van der Waals surface area contributed by atoms with Gasteiger partial charge < -0.3 is 15.1 Å². The summed E-state index contributed by atoms with van der Waals surface area (Å²) < 4.78 is 60.5. The van der Waals surface area contributed by atoms with Gasteiger partial charge in [0.25, 0.3) is 10.0 Å². The lowest BCUT2D eigenvalue weighted by Crippen LogP contribution is -2.46. The zero-order valence-electron chi connectivity index (χ0n) is 21.3. The van der Waals surface area contributed by atoms with Crippen LogP contribution in [-0.2, 0) is 14.8 Å². The topological polar surface area (TPSA) is 127 Å². The first-order chi connectivity index (χ1) is 17.7. The van der Waals surface area contributed by atoms with Crippen molar-refractivity contribution in [2.75, 3.05) is 42.3 Å². The Bertz CT molecular complexity index is 1210. The molecule has 0 bridgehead atoms. The summed E-state index contributed by atoms with van der Waals surface area (Å²) in [5.74, 6) is -3.55. The summed E-state index contributed by atoms with van der Waals surface area (Å²) in [5.41, 5.74) is 2.08. The highest BCUT2D eigenvalue weighted by atomic mass is 32.2. The van der Waals surface area contributed by atoms with Gasteiger partial charge in [-0.2, -0.15) is 13.2 Å². The van der Waals surface area contributed by atoms with Gasteiger partial charge in [-0.05, 0) is 54.8 Å². The van der Waals surface area contributed by atoms with Crippen molar-refractivity contribution in [3.63, 3.8) is 0 Å². The monoisotopic (exact) mass is 559 g/mol. The number of alkyl halides is 3. The number of piperazine rings is 1. The van der Waals surface area contributed by atoms with Crippen LogP contribution < -0.4 is 9.62 Å². The Hall–Kier alpha value is -3.32. The molecule has 0 aromatic heterocycles. The summed E-state index contributed by atoms with van der Waals surface area (Å²) in [4.78, 5) is 25.0. The fourth-order valence-electron chi connectivity index (χ4n) is 3.79. The molecule has 1 fully saturated rings. The van der Waals surface area contributed by atoms with Crippen LogP contribution in [0.1, 0.15) is 49.0 Å². The Morgan fingerprint density at radius 2 is 1.55 bits per heavy atom. The zero-order chi connectivity index (χ0) is 28.7. The Morgan fingerprint density at radius 1 is 1.00 bits per heavy atom. The number of aromatic carboxylic acids is 1. The number of anilines is 2. The van der Waals surface area contributed by atoms with E-state index in [1.807, 2.05) is 13.8 Å². The smallest absolute Gasteiger partial charge is 0.478 e. The molecule has 0 atom stereocenters. The van der Waals surface area contributed by atoms with E-state index in [0.717, 1.165) is 44.7 Å². The van der Waals surface area contributed by atoms with Crippen molar-refractivity contribution < 1.29 is 41.4 Å². The van der Waals surface area contributed by atoms with Gasteiger partial charge in [-0.3, -0.25) is 9.62 Å². The Labute approximate surface area is 219 Å². The van der Waals surface area contributed by atoms with Crippen LogP contribution in [0.4, 0.5) is 24.5 Å². The van der Waals surface area contributed by atoms with Crippen LogP contribution in [0.3, 0.4) is 0 Å². The number of halogens is 3. The highest BCUT2D eigenvalue weighted by Crippen LogP contribution is 2.31. The van der Waals surface area contributed by atoms with E-state index in [1.54, 1.807) is 30.3 Å². The van der Waals surface area contributed by atoms with Gasteiger partial charge in [0, 0.05) is 26.2 Å². The van der Waals surface area contributed by atoms with Crippen molar-refractivity contribution in [3.05, 3.63) is 53.6 Å². The largest absolute Gasteiger partial charge is 0.490 e. The first-order valence-corrected chi connectivity index (χ1v) is 13.4. The molecular formula is C25H32F3N3O6S. The van der Waals surface area contributed by atoms with Gasteiger partial charge in [0.1, 0.15) is 0 Å². The molecule has 1 aliphatic heterocycles. The SMILES string of the molecule is CCCN1CCN(c2ccc(C(=O)O)cc2NS(=O)(=O)c2ccc(C(C)C)cc2)CC1.O=C(O)C(F)(F)F. The van der Waals surface area contributed by atoms with Crippen LogP contribution in [0, 0.1) is 0 Å². The molecule has 3 rings (SSSR count). The summed E-state index contributed by atoms with van der Waals surface area (Å²) >= 11 is 0. The Balaban J connectivity index is 0.000000638. The Morgan fingerprint density at radius 3 is 2.00 bits per heavy atom. The number of hydrogen-bond acceptors (Lipinski definition) is 6. The van der Waals surface area contributed by atoms with Gasteiger partial charge in [0.2, 0.25) is 0 Å². The summed E-state index contributed by atoms with van der Waals surface area (Å²) in [6, 6.07) is 11.4. The van der Waals surface area contributed by atoms with Crippen molar-refractivity contribution in [3.8, 4) is 0 Å². The van der Waals surface area contributed by atoms with Crippen molar-refractivity contribution in [2.24, 2.45) is 0 Å². The number of nitrogens with zero attached hydrogens (tertiary/aromatic N) is 2. The molecule has 0 saturated carbocycles. The highest BCUT2D eigenvalue weighted by molar-refractivity contribution is 7.92. The third-order valence-electron chi connectivity index (χ3n) is 5.84. The average Bonchev–Trinajstić information content (AvgIpc) is 2.84. The van der Waals surface area contributed by atoms with Crippen molar-refractivity contribution in [1.82, 2.24) is 4.90 Å². The molecule has 0 aliphatic carbocycles. The highest BCUT2D eigenvalue weighted by Gasteiger charge is 2.38. The first-order valence-electron chi connectivity index (χ1n) is 11.9. The van der Waals surface area contributed by atoms with Crippen molar-refractivity contribution in [2.45, 2.75) is 44.2 Å². The van der Waals surface area contributed by atoms with Gasteiger partial charge in [-0.15, -0.1) is 0 Å². The van der Waals surface area contributed by atoms with Crippen LogP contribution in [0.15, 0.2) is 47.4 Å². The minimum absolute atomic E-state index is 0.0428. The molecule has 3 N–H and O–H groups in total. The van der Waals surface area contributed by atoms with E-state index < -0.39 is 28.1 Å². The molecular weight excluding hydrogens is 527 g/mol. The summed E-state index contributed by atoms with van der Waals surface area (Å²) in [7, 11) is -3.86. The van der Waals surface area contributed by atoms with Crippen LogP contribution >= 0.6 is 0 Å². The second-order valence-corrected chi connectivity index (χ2v) is 10.7. The number of benzene rings is 2. The molecule has 38 heavy (non-hydrogen) atoms. The molecule has 13 heteroatoms. The van der Waals surface area contributed by atoms with Gasteiger partial charge in [-0.1, -0.05) is 32.9 Å². The summed E-state index contributed by atoms with van der Waals surface area (Å²) in [5, 5.41) is 16.5. The van der Waals surface area contributed by atoms with E-state index in [1.165, 1.54) is 12.1 Å². The number of aliphatic carboxylic acids is 1. The van der Waals surface area contributed by atoms with E-state index in [2.05, 4.69) is 21.4 Å². The third-order valence-corrected chi connectivity index (χ3v) is 7.22. The van der Waals surface area contributed by atoms with E-state index in [-0.39, 0.29) is 16.1 Å². The third kappa shape index (κ3) is 8.62. The summed E-state index contributed by atoms with van der Waals surface area (Å²) in [6.07, 6.45) is -3.99. The van der Waals surface area contributed by atoms with Crippen LogP contribution in [-0.4, -0.2) is 74.4 Å². The first kappa shape index (κ1) is 30.9. The molecule has 0 spiro atoms. The minimum atomic E-state index is -5.08. The Kier molecular flexibility index (Phi) is 10.5. The number of carboxylic acids is 2. The molecule has 2 aromatic rings. The molecule has 0 unspecified atom stereocenters. The maximum Gasteiger partial charge on any atom is 0.490 e. The maximum atomic E-state index is 13.1. The van der Waals surface area contributed by atoms with E-state index in [0.29, 0.717) is 11.6 Å². The van der Waals surface area contributed by atoms with Crippen LogP contribution in [0.5, 0.6) is 0 Å². The quantitative estimate of drug-likeness (QED) is 0.432. The molecule has 2 aromatic carbocycles. The molecule has 1 aliphatic rings. The normalized spacial score (nSPS) is 14.6. The summed E-state index contributed by atoms with van der Waals surface area (Å²) in [6.45, 7) is 10.6. The number of rotatable bonds is 8. The predicted molar refractivity (Wildman–Crippen MR) is 137 cm³/mol. The van der Waals surface area contributed by atoms with E-state index >= 15 is 0 Å². The van der Waals surface area contributed by atoms with Gasteiger partial charge in [0.05, 0.1) is 21.8 Å². The average molecular weight is 560 g/mol. The van der Waals surface area contributed by atoms with Crippen molar-refractivity contribution in [1.29, 1.82) is 0 Å². The number of hydrogen-bond donors (Lipinski definition) is 3. The second kappa shape index (κ2) is 13.0. The molecule has 1 heterocycles. The van der Waals surface area contributed by atoms with Gasteiger partial charge >= 0.3 is 18.1 Å². The van der Waals surface area contributed by atoms with E-state index in [4.69, 9.17) is 9.90 Å². The fourth-order valence-corrected chi connectivity index (χ4v) is 4.86. The number of sulfonamides is 1. The van der Waals surface area contributed by atoms with Crippen LogP contribution in [0.25, 0.3) is 0 Å². The van der Waals surface area contributed by atoms with E-state index in [9.17, 15) is 31.5 Å². The van der Waals surface area contributed by atoms with Gasteiger partial charge in [-0.25, -0.2) is 18.0 Å². The lowest BCUT2D eigenvalue weighted by atomic mass is 10.0. The maximum absolute atomic E-state index is 13.1. The predicted octanol–water partition coefficient (Wildman–Crippen LogP) is 4.47. The molecule has 0 radical (unpaired) electrons. The van der Waals surface area contributed by atoms with Crippen LogP contribution in [0.2, 0.25) is 0 Å². The lowest BCUT2D eigenvalue weighted by Gasteiger charge is -2.37. The zero-order valence-corrected chi connectivity index (χ0v) is 22.1. The fraction of sp³-hybridized carbons (Fsp3) is 0.440. The number of carbonyl (C=O) groups is 2. The molecule has 1 saturated heterocycles. The number of nitrogens with one attached hydrogen (secondary N) is 1. The lowest BCUT2D eigenvalue weighted by molar-refractivity contribution is -0.192. The molecule has 210 valence electrons. The molecule has 9 nitrogen and oxygen atoms in total. The minimum Gasteiger partial charge on any atom is -0.478 e. The molecule has 0 amide bonds. The van der Waals surface area contributed by atoms with Crippen molar-refractivity contribution >= 4 is 33.3 Å². The van der Waals surface area contributed by atoms with Gasteiger partial charge in [0.15, 0.2) is 0 Å².